The number of nitrogens with zero attached hydrogens (tertiary/aromatic N) is 6. The van der Waals surface area contributed by atoms with Crippen molar-refractivity contribution in [2.45, 2.75) is 0 Å². The van der Waals surface area contributed by atoms with E-state index in [0.717, 1.165) is 22.1 Å². The monoisotopic (exact) mass is 436 g/mol. The van der Waals surface area contributed by atoms with E-state index in [1.54, 1.807) is 20.3 Å². The largest absolute Gasteiger partial charge is 0.567 e. The average Bonchev–Trinajstić information content (AvgIpc) is 3.44. The Kier molecular flexibility index (Phi) is 4.45. The molecule has 8 heteroatoms. The van der Waals surface area contributed by atoms with Gasteiger partial charge in [-0.05, 0) is 48.5 Å². The molecule has 0 saturated carbocycles. The molecule has 0 saturated heterocycles. The van der Waals surface area contributed by atoms with Crippen LogP contribution in [0.5, 0.6) is 0 Å². The minimum atomic E-state index is -1.73. The summed E-state index contributed by atoms with van der Waals surface area (Å²) in [6.07, 6.45) is 3.40. The van der Waals surface area contributed by atoms with Gasteiger partial charge >= 0.3 is 0 Å². The molecule has 0 unspecified atom stereocenters. The van der Waals surface area contributed by atoms with Gasteiger partial charge < -0.3 is 4.55 Å². The molecule has 0 atom stereocenters. The quantitative estimate of drug-likeness (QED) is 0.380. The van der Waals surface area contributed by atoms with Crippen LogP contribution in [0.2, 0.25) is 0 Å². The molecular formula is C24H16N6OS. The van der Waals surface area contributed by atoms with E-state index in [-0.39, 0.29) is 0 Å². The lowest BCUT2D eigenvalue weighted by atomic mass is 10.3. The van der Waals surface area contributed by atoms with Crippen molar-refractivity contribution in [2.75, 3.05) is 0 Å². The van der Waals surface area contributed by atoms with Gasteiger partial charge in [-0.15, -0.1) is 7.94 Å². The molecule has 32 heavy (non-hydrogen) atoms. The van der Waals surface area contributed by atoms with E-state index in [1.807, 2.05) is 84.9 Å². The normalized spacial score (nSPS) is 11.6. The van der Waals surface area contributed by atoms with E-state index in [9.17, 15) is 4.55 Å². The van der Waals surface area contributed by atoms with E-state index in [2.05, 4.69) is 9.97 Å². The first-order valence-corrected chi connectivity index (χ1v) is 11.1. The summed E-state index contributed by atoms with van der Waals surface area (Å²) >= 11 is -1.73. The van der Waals surface area contributed by atoms with Crippen molar-refractivity contribution in [3.63, 3.8) is 0 Å². The highest BCUT2D eigenvalue weighted by Gasteiger charge is 2.30. The fourth-order valence-corrected chi connectivity index (χ4v) is 5.09. The number of benzene rings is 2. The highest BCUT2D eigenvalue weighted by Crippen LogP contribution is 2.31. The van der Waals surface area contributed by atoms with Gasteiger partial charge in [0.1, 0.15) is 22.4 Å². The number of aromatic nitrogens is 6. The van der Waals surface area contributed by atoms with Crippen molar-refractivity contribution < 1.29 is 4.55 Å². The molecule has 6 aromatic rings. The maximum Gasteiger partial charge on any atom is 0.211 e. The van der Waals surface area contributed by atoms with Gasteiger partial charge in [0, 0.05) is 12.4 Å². The Morgan fingerprint density at radius 2 is 1.00 bits per heavy atom. The predicted octanol–water partition coefficient (Wildman–Crippen LogP) is 4.49. The summed E-state index contributed by atoms with van der Waals surface area (Å²) in [5.41, 5.74) is 4.25. The smallest absolute Gasteiger partial charge is 0.211 e. The summed E-state index contributed by atoms with van der Waals surface area (Å²) in [4.78, 5) is 18.4. The summed E-state index contributed by atoms with van der Waals surface area (Å²) in [5.74, 6) is 1.05. The van der Waals surface area contributed by atoms with E-state index >= 15 is 0 Å². The van der Waals surface area contributed by atoms with Crippen LogP contribution in [-0.4, -0.2) is 32.4 Å². The number of pyridine rings is 2. The average molecular weight is 437 g/mol. The zero-order chi connectivity index (χ0) is 21.5. The summed E-state index contributed by atoms with van der Waals surface area (Å²) in [6.45, 7) is 0. The Hall–Kier alpha value is -4.01. The SMILES string of the molecule is [O-][S+](n1c(-c2ccccn2)nc2ccccc21)n1c(-c2ccccn2)nc2ccccc21. The van der Waals surface area contributed by atoms with Crippen LogP contribution >= 0.6 is 0 Å². The van der Waals surface area contributed by atoms with Crippen LogP contribution in [0, 0.1) is 0 Å². The lowest BCUT2D eigenvalue weighted by molar-refractivity contribution is 0.581. The molecule has 4 aromatic heterocycles. The molecule has 7 nitrogen and oxygen atoms in total. The molecule has 0 fully saturated rings. The summed E-state index contributed by atoms with van der Waals surface area (Å²) in [5, 5.41) is 0. The topological polar surface area (TPSA) is 84.5 Å². The van der Waals surface area contributed by atoms with E-state index in [0.29, 0.717) is 23.0 Å². The van der Waals surface area contributed by atoms with Gasteiger partial charge in [0.25, 0.3) is 0 Å². The molecule has 0 bridgehead atoms. The van der Waals surface area contributed by atoms with Crippen molar-refractivity contribution in [1.82, 2.24) is 27.9 Å². The minimum absolute atomic E-state index is 0.523. The fourth-order valence-electron chi connectivity index (χ4n) is 3.72. The molecule has 6 rings (SSSR count). The van der Waals surface area contributed by atoms with Crippen molar-refractivity contribution in [3.05, 3.63) is 97.3 Å². The second-order valence-electron chi connectivity index (χ2n) is 7.10. The molecule has 2 aromatic carbocycles. The lowest BCUT2D eigenvalue weighted by Gasteiger charge is -2.15. The van der Waals surface area contributed by atoms with Gasteiger partial charge in [-0.2, -0.15) is 0 Å². The number of hydrogen-bond donors (Lipinski definition) is 0. The highest BCUT2D eigenvalue weighted by molar-refractivity contribution is 7.89. The van der Waals surface area contributed by atoms with Crippen LogP contribution in [0.1, 0.15) is 0 Å². The lowest BCUT2D eigenvalue weighted by Crippen LogP contribution is -2.23. The number of fused-ring (bicyclic) bond motifs is 2. The molecule has 0 N–H and O–H groups in total. The zero-order valence-corrected chi connectivity index (χ0v) is 17.6. The minimum Gasteiger partial charge on any atom is -0.567 e. The molecule has 0 aliphatic heterocycles. The van der Waals surface area contributed by atoms with Gasteiger partial charge in [-0.25, -0.2) is 9.97 Å². The van der Waals surface area contributed by atoms with Gasteiger partial charge in [-0.3, -0.25) is 9.97 Å². The Labute approximate surface area is 186 Å². The highest BCUT2D eigenvalue weighted by atomic mass is 32.2. The van der Waals surface area contributed by atoms with E-state index in [1.165, 1.54) is 0 Å². The van der Waals surface area contributed by atoms with Crippen LogP contribution in [0.15, 0.2) is 97.3 Å². The zero-order valence-electron chi connectivity index (χ0n) is 16.7. The molecule has 0 spiro atoms. The Morgan fingerprint density at radius 3 is 1.44 bits per heavy atom. The van der Waals surface area contributed by atoms with Crippen LogP contribution in [0.25, 0.3) is 45.1 Å². The number of para-hydroxylation sites is 4. The van der Waals surface area contributed by atoms with Crippen LogP contribution in [0.3, 0.4) is 0 Å². The Balaban J connectivity index is 1.65. The van der Waals surface area contributed by atoms with Gasteiger partial charge in [0.15, 0.2) is 0 Å². The molecule has 0 aliphatic rings. The summed E-state index contributed by atoms with van der Waals surface area (Å²) in [7, 11) is 0. The van der Waals surface area contributed by atoms with Crippen LogP contribution in [0.4, 0.5) is 0 Å². The maximum atomic E-state index is 14.3. The molecule has 154 valence electrons. The first kappa shape index (κ1) is 18.7. The first-order valence-electron chi connectivity index (χ1n) is 10.0. The van der Waals surface area contributed by atoms with Crippen molar-refractivity contribution >= 4 is 33.6 Å². The maximum absolute atomic E-state index is 14.3. The molecule has 0 aliphatic carbocycles. The molecule has 4 heterocycles. The first-order chi connectivity index (χ1) is 15.8. The van der Waals surface area contributed by atoms with E-state index in [4.69, 9.17) is 9.97 Å². The van der Waals surface area contributed by atoms with Crippen molar-refractivity contribution in [2.24, 2.45) is 0 Å². The Bertz CT molecular complexity index is 1430. The second kappa shape index (κ2) is 7.60. The third-order valence-electron chi connectivity index (χ3n) is 5.14. The molecule has 0 amide bonds. The third-order valence-corrected chi connectivity index (χ3v) is 6.50. The molecular weight excluding hydrogens is 420 g/mol. The molecule has 0 radical (unpaired) electrons. The second-order valence-corrected chi connectivity index (χ2v) is 8.29. The van der Waals surface area contributed by atoms with Gasteiger partial charge in [0.2, 0.25) is 23.2 Å². The fraction of sp³-hybridized carbons (Fsp3) is 0. The Morgan fingerprint density at radius 1 is 0.562 bits per heavy atom. The van der Waals surface area contributed by atoms with Crippen LogP contribution in [-0.2, 0) is 11.5 Å². The van der Waals surface area contributed by atoms with E-state index < -0.39 is 11.5 Å². The van der Waals surface area contributed by atoms with Gasteiger partial charge in [-0.1, -0.05) is 36.4 Å². The number of imidazole rings is 2. The summed E-state index contributed by atoms with van der Waals surface area (Å²) in [6, 6.07) is 26.5. The van der Waals surface area contributed by atoms with Crippen LogP contribution < -0.4 is 0 Å². The predicted molar refractivity (Wildman–Crippen MR) is 125 cm³/mol. The standard InChI is InChI=1S/C24H16N6OS/c31-32(29-21-13-3-1-9-17(21)27-23(29)19-11-5-7-15-25-19)30-22-14-4-2-10-18(22)28-24(30)20-12-6-8-16-26-20/h1-16H. The number of hydrogen-bond acceptors (Lipinski definition) is 5. The summed E-state index contributed by atoms with van der Waals surface area (Å²) < 4.78 is 17.7. The number of rotatable bonds is 4. The third kappa shape index (κ3) is 2.96. The van der Waals surface area contributed by atoms with Crippen molar-refractivity contribution in [3.8, 4) is 23.0 Å². The van der Waals surface area contributed by atoms with Gasteiger partial charge in [0.05, 0.1) is 11.0 Å². The van der Waals surface area contributed by atoms with Crippen molar-refractivity contribution in [1.29, 1.82) is 0 Å².